The van der Waals surface area contributed by atoms with Crippen LogP contribution in [0.1, 0.15) is 0 Å². The fraction of sp³-hybridized carbons (Fsp3) is 0. The molecule has 0 atom stereocenters. The number of aromatic nitrogens is 2. The molecule has 14 aromatic rings. The summed E-state index contributed by atoms with van der Waals surface area (Å²) < 4.78 is 4.40. The predicted molar refractivity (Wildman–Crippen MR) is 398 cm³/mol. The van der Waals surface area contributed by atoms with Crippen molar-refractivity contribution in [1.82, 2.24) is 9.13 Å². The Morgan fingerprint density at radius 3 is 0.967 bits per heavy atom. The van der Waals surface area contributed by atoms with Crippen molar-refractivity contribution in [2.75, 3.05) is 0 Å². The van der Waals surface area contributed by atoms with E-state index in [9.17, 15) is 0 Å². The summed E-state index contributed by atoms with van der Waals surface area (Å²) in [6.45, 7) is 0. The fourth-order valence-electron chi connectivity index (χ4n) is 13.2. The maximum atomic E-state index is 7.32. The maximum absolute atomic E-state index is 7.32. The van der Waals surface area contributed by atoms with Crippen LogP contribution in [-0.4, -0.2) is 127 Å². The number of fused-ring (bicyclic) bond motifs is 6. The van der Waals surface area contributed by atoms with Crippen molar-refractivity contribution in [2.24, 2.45) is 0 Å². The molecule has 0 bridgehead atoms. The first-order valence-corrected chi connectivity index (χ1v) is 30.5. The molecule has 2 nitrogen and oxygen atoms in total. The van der Waals surface area contributed by atoms with Gasteiger partial charge in [0.05, 0.1) is 27.8 Å². The van der Waals surface area contributed by atoms with Crippen LogP contribution in [-0.2, 0) is 0 Å². The van der Waals surface area contributed by atoms with E-state index in [1.54, 1.807) is 0 Å². The lowest BCUT2D eigenvalue weighted by molar-refractivity contribution is 1.17. The van der Waals surface area contributed by atoms with Crippen molar-refractivity contribution < 1.29 is 0 Å². The number of hydrogen-bond acceptors (Lipinski definition) is 0. The Morgan fingerprint density at radius 2 is 0.556 bits per heavy atom. The van der Waals surface area contributed by atoms with Crippen molar-refractivity contribution in [3.63, 3.8) is 0 Å². The molecule has 0 N–H and O–H groups in total. The van der Waals surface area contributed by atoms with Gasteiger partial charge in [-0.2, -0.15) is 0 Å². The minimum absolute atomic E-state index is 0.0565. The van der Waals surface area contributed by atoms with Crippen LogP contribution in [0.5, 0.6) is 0 Å². The molecule has 2 heterocycles. The molecule has 90 heavy (non-hydrogen) atoms. The molecule has 12 aromatic carbocycles. The topological polar surface area (TPSA) is 9.86 Å². The number of para-hydroxylation sites is 2. The van der Waals surface area contributed by atoms with Gasteiger partial charge in [-0.1, -0.05) is 148 Å². The van der Waals surface area contributed by atoms with Gasteiger partial charge >= 0.3 is 0 Å². The van der Waals surface area contributed by atoms with E-state index in [1.165, 1.54) is 0 Å². The van der Waals surface area contributed by atoms with Crippen LogP contribution in [0.3, 0.4) is 0 Å². The quantitative estimate of drug-likeness (QED) is 0.185. The number of nitrogens with zero attached hydrogens (tertiary/aromatic N) is 2. The smallest absolute Gasteiger partial charge is 0.113 e. The zero-order valence-corrected chi connectivity index (χ0v) is 49.5. The van der Waals surface area contributed by atoms with E-state index in [1.807, 2.05) is 103 Å². The van der Waals surface area contributed by atoms with E-state index < -0.39 is 10.0 Å². The molecule has 2 aromatic heterocycles. The van der Waals surface area contributed by atoms with E-state index in [2.05, 4.69) is 118 Å². The van der Waals surface area contributed by atoms with Crippen LogP contribution in [0.4, 0.5) is 0 Å². The van der Waals surface area contributed by atoms with Gasteiger partial charge in [0, 0.05) is 57.9 Å². The summed E-state index contributed by atoms with van der Waals surface area (Å²) in [6, 6.07) is 72.9. The van der Waals surface area contributed by atoms with Gasteiger partial charge in [-0.15, -0.1) is 59.2 Å². The van der Waals surface area contributed by atoms with Crippen LogP contribution in [0.2, 0.25) is 0 Å². The Morgan fingerprint density at radius 1 is 0.222 bits per heavy atom. The van der Waals surface area contributed by atoms with Gasteiger partial charge in [0.1, 0.15) is 118 Å². The predicted octanol–water partition coefficient (Wildman–Crippen LogP) is 1.80. The van der Waals surface area contributed by atoms with Gasteiger partial charge in [-0.3, -0.25) is 0 Å². The highest BCUT2D eigenvalue weighted by molar-refractivity contribution is 8.34. The van der Waals surface area contributed by atoms with E-state index in [0.29, 0.717) is 33.5 Å². The molecule has 384 valence electrons. The molecule has 0 unspecified atom stereocenters. The first-order chi connectivity index (χ1) is 43.4. The highest BCUT2D eigenvalue weighted by atomic mass is 32.3. The van der Waals surface area contributed by atoms with Crippen LogP contribution in [0.15, 0.2) is 232 Å². The van der Waals surface area contributed by atoms with Crippen LogP contribution in [0.25, 0.3) is 99.5 Å². The molecule has 0 aliphatic rings. The van der Waals surface area contributed by atoms with Gasteiger partial charge in [0.2, 0.25) is 0 Å². The van der Waals surface area contributed by atoms with Crippen molar-refractivity contribution in [1.29, 1.82) is 0 Å². The molecule has 0 saturated heterocycles. The minimum Gasteiger partial charge on any atom is -0.309 e. The van der Waals surface area contributed by atoms with Crippen molar-refractivity contribution >= 4 is 253 Å². The molecule has 14 rings (SSSR count). The summed E-state index contributed by atoms with van der Waals surface area (Å²) in [6.07, 6.45) is 0. The third kappa shape index (κ3) is 9.00. The summed E-state index contributed by atoms with van der Waals surface area (Å²) in [5, 5.41) is 3.91. The summed E-state index contributed by atoms with van der Waals surface area (Å²) in [7, 11) is 99.8. The van der Waals surface area contributed by atoms with Gasteiger partial charge < -0.3 is 9.13 Å². The molecule has 0 aliphatic heterocycles. The van der Waals surface area contributed by atoms with E-state index in [0.717, 1.165) is 85.6 Å². The lowest BCUT2D eigenvalue weighted by Crippen LogP contribution is -2.55. The highest BCUT2D eigenvalue weighted by Gasteiger charge is 2.36. The lowest BCUT2D eigenvalue weighted by atomic mass is 9.58. The van der Waals surface area contributed by atoms with Crippen molar-refractivity contribution in [2.45, 2.75) is 19.6 Å². The first-order valence-electron chi connectivity index (χ1n) is 28.8. The molecule has 0 amide bonds. The Labute approximate surface area is 546 Å². The zero-order valence-electron chi connectivity index (χ0n) is 48.7. The first kappa shape index (κ1) is 59.2. The second-order valence-corrected chi connectivity index (χ2v) is 25.6. The Bertz CT molecular complexity index is 5050. The van der Waals surface area contributed by atoms with Gasteiger partial charge in [-0.25, -0.2) is 0 Å². The molecule has 30 radical (unpaired) electrons. The number of benzene rings is 12. The Kier molecular flexibility index (Phi) is 15.0. The standard InChI is InChI=1S/C72H35B15N2S/c73-57-54(58(74)64(80)69(85)63(57)79)38-15-14-16-39(31-38)88-50-25-12-10-23-44(50)46-32-36(27-29-52(46)88)37-28-30-53-47(33-37)45-24-11-13-26-51(45)89(53)72-48(55-59(75)65(81)70(86)66(82)60(55)76)34-43(35-49(72)56-61(77)67(83)71(87)68(84)62(56)78)90(40-17-4-1-5-18-40,41-19-6-2-7-20-41)42-21-8-3-9-22-42/h1-35H. The van der Waals surface area contributed by atoms with Crippen molar-refractivity contribution in [3.05, 3.63) is 212 Å². The molecule has 0 saturated carbocycles. The Balaban J connectivity index is 1.07. The maximum Gasteiger partial charge on any atom is 0.113 e. The van der Waals surface area contributed by atoms with Crippen LogP contribution in [0, 0.1) is 0 Å². The summed E-state index contributed by atoms with van der Waals surface area (Å²) in [4.78, 5) is 3.89. The monoisotopic (exact) mass is 1120 g/mol. The largest absolute Gasteiger partial charge is 0.309 e. The molecule has 18 heteroatoms. The van der Waals surface area contributed by atoms with Crippen LogP contribution < -0.4 is 81.9 Å². The molecule has 0 fully saturated rings. The average molecular weight is 1120 g/mol. The summed E-state index contributed by atoms with van der Waals surface area (Å²) in [5.74, 6) is 0. The lowest BCUT2D eigenvalue weighted by Gasteiger charge is -2.43. The van der Waals surface area contributed by atoms with Gasteiger partial charge in [0.25, 0.3) is 0 Å². The molecule has 0 aliphatic carbocycles. The third-order valence-corrected chi connectivity index (χ3v) is 21.5. The third-order valence-electron chi connectivity index (χ3n) is 17.7. The van der Waals surface area contributed by atoms with Gasteiger partial charge in [-0.05, 0) is 130 Å². The van der Waals surface area contributed by atoms with E-state index in [4.69, 9.17) is 118 Å². The number of rotatable bonds is 10. The normalized spacial score (nSPS) is 12.0. The SMILES string of the molecule is [B]c1c([B])c([B])c(-c2cccc(-n3c4ccccc4c4cc(-c5ccc6c(c5)c5ccccc5n6-c5c(-c6c([B])c([B])c([B])c([B])c6[B])cc(S(c6ccccc6)(c6ccccc6)c6ccccc6)cc5-c5c([B])c([B])c([B])c([B])c5[B])ccc43)c2)c([B])c1[B]. The second kappa shape index (κ2) is 22.8. The summed E-state index contributed by atoms with van der Waals surface area (Å²) >= 11 is 0. The molecular formula is C72H35B15N2S. The molecular weight excluding hydrogens is 1090 g/mol. The van der Waals surface area contributed by atoms with E-state index in [-0.39, 0.29) is 81.9 Å². The zero-order chi connectivity index (χ0) is 62.8. The van der Waals surface area contributed by atoms with E-state index >= 15 is 0 Å². The second-order valence-electron chi connectivity index (χ2n) is 22.5. The minimum atomic E-state index is -2.52. The van der Waals surface area contributed by atoms with Crippen LogP contribution >= 0.6 is 10.0 Å². The summed E-state index contributed by atoms with van der Waals surface area (Å²) in [5.41, 5.74) is 11.7. The van der Waals surface area contributed by atoms with Gasteiger partial charge in [0.15, 0.2) is 0 Å². The van der Waals surface area contributed by atoms with Crippen molar-refractivity contribution in [3.8, 4) is 55.9 Å². The fourth-order valence-corrected chi connectivity index (χ4v) is 17.1. The average Bonchev–Trinajstić information content (AvgIpc) is 1.13. The molecule has 0 spiro atoms. The Hall–Kier alpha value is -8.44. The highest BCUT2D eigenvalue weighted by Crippen LogP contribution is 2.74. The number of hydrogen-bond donors (Lipinski definition) is 0.